The molecule has 0 spiro atoms. The molecule has 14 heavy (non-hydrogen) atoms. The van der Waals surface area contributed by atoms with Gasteiger partial charge >= 0.3 is 6.18 Å². The van der Waals surface area contributed by atoms with Crippen molar-refractivity contribution in [3.63, 3.8) is 0 Å². The molecule has 0 saturated carbocycles. The molecule has 0 aliphatic carbocycles. The second-order valence-corrected chi connectivity index (χ2v) is 3.58. The number of nitrogens with zero attached hydrogens (tertiary/aromatic N) is 2. The van der Waals surface area contributed by atoms with Crippen LogP contribution in [-0.4, -0.2) is 9.97 Å². The highest BCUT2D eigenvalue weighted by atomic mass is 32.1. The van der Waals surface area contributed by atoms with Crippen molar-refractivity contribution in [1.82, 2.24) is 9.97 Å². The summed E-state index contributed by atoms with van der Waals surface area (Å²) in [4.78, 5) is 6.76. The number of nitrogen functional groups attached to an aromatic ring is 1. The third-order valence-corrected chi connectivity index (χ3v) is 2.84. The van der Waals surface area contributed by atoms with Gasteiger partial charge in [-0.3, -0.25) is 0 Å². The molecule has 2 aromatic heterocycles. The molecule has 74 valence electrons. The number of anilines is 1. The molecule has 0 aliphatic heterocycles. The van der Waals surface area contributed by atoms with Gasteiger partial charge in [0.1, 0.15) is 16.0 Å². The van der Waals surface area contributed by atoms with E-state index >= 15 is 0 Å². The average Bonchev–Trinajstić information content (AvgIpc) is 2.44. The van der Waals surface area contributed by atoms with E-state index in [1.807, 2.05) is 0 Å². The van der Waals surface area contributed by atoms with Crippen LogP contribution in [0.4, 0.5) is 18.9 Å². The summed E-state index contributed by atoms with van der Waals surface area (Å²) in [7, 11) is 0. The van der Waals surface area contributed by atoms with Gasteiger partial charge in [-0.05, 0) is 0 Å². The van der Waals surface area contributed by atoms with E-state index in [0.29, 0.717) is 11.3 Å². The van der Waals surface area contributed by atoms with Crippen LogP contribution in [0.15, 0.2) is 12.5 Å². The molecular formula is C7H4F3N3S. The number of hydrogen-bond donors (Lipinski definition) is 1. The van der Waals surface area contributed by atoms with Gasteiger partial charge < -0.3 is 5.73 Å². The van der Waals surface area contributed by atoms with E-state index in [9.17, 15) is 13.2 Å². The van der Waals surface area contributed by atoms with Gasteiger partial charge in [-0.25, -0.2) is 9.97 Å². The minimum Gasteiger partial charge on any atom is -0.397 e. The lowest BCUT2D eigenvalue weighted by Crippen LogP contribution is -2.04. The molecule has 2 aromatic rings. The van der Waals surface area contributed by atoms with E-state index < -0.39 is 11.1 Å². The lowest BCUT2D eigenvalue weighted by molar-refractivity contribution is -0.133. The first-order chi connectivity index (χ1) is 6.50. The van der Waals surface area contributed by atoms with Crippen LogP contribution < -0.4 is 5.73 Å². The average molecular weight is 219 g/mol. The molecule has 0 radical (unpaired) electrons. The molecule has 0 amide bonds. The number of rotatable bonds is 0. The van der Waals surface area contributed by atoms with Crippen LogP contribution in [-0.2, 0) is 6.18 Å². The van der Waals surface area contributed by atoms with Crippen molar-refractivity contribution < 1.29 is 13.2 Å². The fourth-order valence-corrected chi connectivity index (χ4v) is 1.97. The Hall–Kier alpha value is -1.37. The highest BCUT2D eigenvalue weighted by Crippen LogP contribution is 2.42. The van der Waals surface area contributed by atoms with Crippen molar-refractivity contribution in [2.24, 2.45) is 0 Å². The van der Waals surface area contributed by atoms with E-state index in [2.05, 4.69) is 9.97 Å². The standard InChI is InChI=1S/C7H4F3N3S/c8-7(9,10)5-4(11)3-1-12-2-13-6(3)14-5/h1-2H,11H2. The van der Waals surface area contributed by atoms with Gasteiger partial charge in [0.15, 0.2) is 0 Å². The fraction of sp³-hybridized carbons (Fsp3) is 0.143. The van der Waals surface area contributed by atoms with Gasteiger partial charge in [-0.15, -0.1) is 11.3 Å². The molecule has 0 fully saturated rings. The zero-order valence-electron chi connectivity index (χ0n) is 6.67. The van der Waals surface area contributed by atoms with E-state index in [0.717, 1.165) is 0 Å². The SMILES string of the molecule is Nc1c(C(F)(F)F)sc2ncncc12. The Morgan fingerprint density at radius 1 is 1.36 bits per heavy atom. The largest absolute Gasteiger partial charge is 0.427 e. The van der Waals surface area contributed by atoms with E-state index in [-0.39, 0.29) is 15.9 Å². The monoisotopic (exact) mass is 219 g/mol. The van der Waals surface area contributed by atoms with Crippen LogP contribution in [0, 0.1) is 0 Å². The lowest BCUT2D eigenvalue weighted by atomic mass is 10.3. The van der Waals surface area contributed by atoms with Gasteiger partial charge in [0, 0.05) is 6.20 Å². The van der Waals surface area contributed by atoms with Crippen molar-refractivity contribution in [2.75, 3.05) is 5.73 Å². The molecular weight excluding hydrogens is 215 g/mol. The third kappa shape index (κ3) is 1.29. The molecule has 0 aromatic carbocycles. The van der Waals surface area contributed by atoms with Crippen molar-refractivity contribution in [2.45, 2.75) is 6.18 Å². The first kappa shape index (κ1) is 9.20. The molecule has 0 bridgehead atoms. The first-order valence-electron chi connectivity index (χ1n) is 3.55. The van der Waals surface area contributed by atoms with Crippen molar-refractivity contribution in [3.8, 4) is 0 Å². The maximum Gasteiger partial charge on any atom is 0.427 e. The van der Waals surface area contributed by atoms with Crippen molar-refractivity contribution >= 4 is 27.2 Å². The number of hydrogen-bond acceptors (Lipinski definition) is 4. The molecule has 2 N–H and O–H groups in total. The van der Waals surface area contributed by atoms with Crippen LogP contribution >= 0.6 is 11.3 Å². The Bertz CT molecular complexity index is 476. The Balaban J connectivity index is 2.75. The van der Waals surface area contributed by atoms with Gasteiger partial charge in [0.2, 0.25) is 0 Å². The van der Waals surface area contributed by atoms with Gasteiger partial charge in [0.05, 0.1) is 11.1 Å². The Kier molecular flexibility index (Phi) is 1.84. The third-order valence-electron chi connectivity index (χ3n) is 1.67. The van der Waals surface area contributed by atoms with E-state index in [1.165, 1.54) is 12.5 Å². The quantitative estimate of drug-likeness (QED) is 0.739. The summed E-state index contributed by atoms with van der Waals surface area (Å²) in [5.41, 5.74) is 5.04. The maximum atomic E-state index is 12.4. The molecule has 3 nitrogen and oxygen atoms in total. The highest BCUT2D eigenvalue weighted by Gasteiger charge is 2.36. The maximum absolute atomic E-state index is 12.4. The zero-order chi connectivity index (χ0) is 10.3. The molecule has 2 heterocycles. The summed E-state index contributed by atoms with van der Waals surface area (Å²) in [5.74, 6) is 0. The van der Waals surface area contributed by atoms with Crippen LogP contribution in [0.5, 0.6) is 0 Å². The smallest absolute Gasteiger partial charge is 0.397 e. The van der Waals surface area contributed by atoms with Crippen molar-refractivity contribution in [3.05, 3.63) is 17.4 Å². The second kappa shape index (κ2) is 2.81. The summed E-state index contributed by atoms with van der Waals surface area (Å²) < 4.78 is 37.1. The fourth-order valence-electron chi connectivity index (χ4n) is 1.07. The predicted molar refractivity (Wildman–Crippen MR) is 46.8 cm³/mol. The summed E-state index contributed by atoms with van der Waals surface area (Å²) in [5, 5.41) is 0.254. The second-order valence-electron chi connectivity index (χ2n) is 2.58. The molecule has 7 heteroatoms. The lowest BCUT2D eigenvalue weighted by Gasteiger charge is -2.02. The number of halogens is 3. The summed E-state index contributed by atoms with van der Waals surface area (Å²) >= 11 is 0.530. The number of thiophene rings is 1. The van der Waals surface area contributed by atoms with E-state index in [4.69, 9.17) is 5.73 Å². The van der Waals surface area contributed by atoms with E-state index in [1.54, 1.807) is 0 Å². The number of fused-ring (bicyclic) bond motifs is 1. The number of nitrogens with two attached hydrogens (primary N) is 1. The van der Waals surface area contributed by atoms with Crippen LogP contribution in [0.2, 0.25) is 0 Å². The van der Waals surface area contributed by atoms with Crippen molar-refractivity contribution in [1.29, 1.82) is 0 Å². The predicted octanol–water partition coefficient (Wildman–Crippen LogP) is 2.29. The van der Waals surface area contributed by atoms with Crippen LogP contribution in [0.1, 0.15) is 4.88 Å². The zero-order valence-corrected chi connectivity index (χ0v) is 7.49. The highest BCUT2D eigenvalue weighted by molar-refractivity contribution is 7.19. The summed E-state index contributed by atoms with van der Waals surface area (Å²) in [6.07, 6.45) is -1.95. The Morgan fingerprint density at radius 2 is 2.07 bits per heavy atom. The minimum absolute atomic E-state index is 0.254. The molecule has 2 rings (SSSR count). The Labute approximate surface area is 80.4 Å². The van der Waals surface area contributed by atoms with Gasteiger partial charge in [-0.1, -0.05) is 0 Å². The molecule has 0 aliphatic rings. The number of aromatic nitrogens is 2. The van der Waals surface area contributed by atoms with Crippen LogP contribution in [0.3, 0.4) is 0 Å². The molecule has 0 unspecified atom stereocenters. The topological polar surface area (TPSA) is 51.8 Å². The summed E-state index contributed by atoms with van der Waals surface area (Å²) in [6, 6.07) is 0. The molecule has 0 saturated heterocycles. The molecule has 0 atom stereocenters. The van der Waals surface area contributed by atoms with Crippen LogP contribution in [0.25, 0.3) is 10.2 Å². The Morgan fingerprint density at radius 3 is 2.64 bits per heavy atom. The first-order valence-corrected chi connectivity index (χ1v) is 4.37. The van der Waals surface area contributed by atoms with Gasteiger partial charge in [0.25, 0.3) is 0 Å². The van der Waals surface area contributed by atoms with Gasteiger partial charge in [-0.2, -0.15) is 13.2 Å². The minimum atomic E-state index is -4.42. The normalized spacial score (nSPS) is 12.2. The summed E-state index contributed by atoms with van der Waals surface area (Å²) in [6.45, 7) is 0. The number of alkyl halides is 3.